The van der Waals surface area contributed by atoms with Gasteiger partial charge in [-0.1, -0.05) is 24.3 Å². The van der Waals surface area contributed by atoms with E-state index in [0.29, 0.717) is 45.0 Å². The number of imidazole rings is 2. The molecule has 0 bridgehead atoms. The molecule has 2 saturated carbocycles. The van der Waals surface area contributed by atoms with Gasteiger partial charge < -0.3 is 30.2 Å². The lowest BCUT2D eigenvalue weighted by atomic mass is 10.0. The van der Waals surface area contributed by atoms with Crippen LogP contribution < -0.4 is 30.3 Å². The molecule has 424 valence electrons. The molecule has 0 spiro atoms. The van der Waals surface area contributed by atoms with E-state index in [1.165, 1.54) is 54.7 Å². The van der Waals surface area contributed by atoms with Gasteiger partial charge in [-0.3, -0.25) is 23.3 Å². The Balaban J connectivity index is 0.000000198. The maximum Gasteiger partial charge on any atom is 0.414 e. The van der Waals surface area contributed by atoms with Crippen molar-refractivity contribution >= 4 is 40.6 Å². The summed E-state index contributed by atoms with van der Waals surface area (Å²) < 4.78 is 127. The van der Waals surface area contributed by atoms with E-state index in [0.717, 1.165) is 47.8 Å². The predicted molar refractivity (Wildman–Crippen MR) is 288 cm³/mol. The molecular weight excluding hydrogens is 1070 g/mol. The molecule has 81 heavy (non-hydrogen) atoms. The molecule has 2 aliphatic rings. The van der Waals surface area contributed by atoms with Crippen molar-refractivity contribution in [3.8, 4) is 45.5 Å². The van der Waals surface area contributed by atoms with Gasteiger partial charge in [-0.25, -0.2) is 23.5 Å². The van der Waals surface area contributed by atoms with Crippen molar-refractivity contribution in [2.24, 2.45) is 0 Å². The number of aryl methyl sites for hydroxylation is 2. The second-order valence-electron chi connectivity index (χ2n) is 20.8. The first-order chi connectivity index (χ1) is 38.3. The Morgan fingerprint density at radius 2 is 1.10 bits per heavy atom. The van der Waals surface area contributed by atoms with Crippen LogP contribution in [0.15, 0.2) is 122 Å². The first-order valence-electron chi connectivity index (χ1n) is 25.9. The number of halogens is 8. The minimum atomic E-state index is -4.56. The molecule has 22 heteroatoms. The lowest BCUT2D eigenvalue weighted by molar-refractivity contribution is -0.132. The fourth-order valence-corrected chi connectivity index (χ4v) is 8.65. The summed E-state index contributed by atoms with van der Waals surface area (Å²) in [5.74, 6) is -0.547. The lowest BCUT2D eigenvalue weighted by Crippen LogP contribution is -2.39. The number of carbonyl (C=O) groups is 3. The number of amides is 3. The van der Waals surface area contributed by atoms with Gasteiger partial charge in [0, 0.05) is 71.7 Å². The zero-order chi connectivity index (χ0) is 58.0. The van der Waals surface area contributed by atoms with E-state index in [4.69, 9.17) is 14.2 Å². The van der Waals surface area contributed by atoms with E-state index in [-0.39, 0.29) is 64.8 Å². The Bertz CT molecular complexity index is 3640. The number of alkyl halides is 6. The van der Waals surface area contributed by atoms with Crippen molar-refractivity contribution in [2.45, 2.75) is 103 Å². The molecule has 3 amide bonds. The third-order valence-corrected chi connectivity index (χ3v) is 12.8. The molecule has 4 heterocycles. The molecule has 0 unspecified atom stereocenters. The fraction of sp³-hybridized carbons (Fsp3) is 0.305. The number of benzene rings is 4. The van der Waals surface area contributed by atoms with Crippen molar-refractivity contribution in [3.63, 3.8) is 0 Å². The van der Waals surface area contributed by atoms with Gasteiger partial charge in [-0.05, 0) is 120 Å². The predicted octanol–water partition coefficient (Wildman–Crippen LogP) is 14.3. The van der Waals surface area contributed by atoms with Gasteiger partial charge in [-0.15, -0.1) is 0 Å². The number of nitrogens with zero attached hydrogens (tertiary/aromatic N) is 5. The van der Waals surface area contributed by atoms with E-state index in [1.54, 1.807) is 91.5 Å². The van der Waals surface area contributed by atoms with Crippen LogP contribution in [0.5, 0.6) is 23.0 Å². The number of fused-ring (bicyclic) bond motifs is 2. The molecule has 0 saturated heterocycles. The molecule has 8 aromatic rings. The van der Waals surface area contributed by atoms with Gasteiger partial charge in [0.05, 0.1) is 60.4 Å². The molecule has 4 aromatic heterocycles. The SMILES string of the molecule is Cc1cc(-c2cnc3c(N(CCC(F)(F)F)C(=O)OC(C)(C)C)cc(Oc4cccc(F)c4)cn23)ccc1C(=O)NC1CC1.Cc1cc(-c2cnc3c(NCCC(F)(F)F)cc(Oc4cccc(F)c4)cn23)ccc1C(=O)NC1CC1. The summed E-state index contributed by atoms with van der Waals surface area (Å²) in [6.07, 6.45) is -2.00. The maximum absolute atomic E-state index is 13.9. The number of pyridine rings is 2. The Labute approximate surface area is 460 Å². The smallest absolute Gasteiger partial charge is 0.414 e. The van der Waals surface area contributed by atoms with E-state index in [1.807, 2.05) is 13.0 Å². The van der Waals surface area contributed by atoms with Crippen LogP contribution >= 0.6 is 0 Å². The number of nitrogens with one attached hydrogen (secondary N) is 3. The molecule has 2 aliphatic carbocycles. The Morgan fingerprint density at radius 3 is 1.56 bits per heavy atom. The normalized spacial score (nSPS) is 13.5. The topological polar surface area (TPSA) is 153 Å². The highest BCUT2D eigenvalue weighted by Gasteiger charge is 2.34. The first-order valence-corrected chi connectivity index (χ1v) is 25.9. The molecule has 4 aromatic carbocycles. The van der Waals surface area contributed by atoms with E-state index < -0.39 is 55.1 Å². The summed E-state index contributed by atoms with van der Waals surface area (Å²) in [5.41, 5.74) is 5.08. The Morgan fingerprint density at radius 1 is 0.617 bits per heavy atom. The van der Waals surface area contributed by atoms with Crippen LogP contribution in [0.4, 0.5) is 51.3 Å². The van der Waals surface area contributed by atoms with Gasteiger partial charge in [0.25, 0.3) is 11.8 Å². The molecular formula is C59H56F8N8O6. The van der Waals surface area contributed by atoms with Crippen LogP contribution in [0.2, 0.25) is 0 Å². The largest absolute Gasteiger partial charge is 0.456 e. The van der Waals surface area contributed by atoms with Gasteiger partial charge in [0.15, 0.2) is 11.3 Å². The number of anilines is 2. The van der Waals surface area contributed by atoms with Crippen molar-refractivity contribution in [2.75, 3.05) is 23.3 Å². The molecule has 0 atom stereocenters. The number of hydrogen-bond acceptors (Lipinski definition) is 9. The van der Waals surface area contributed by atoms with Gasteiger partial charge in [-0.2, -0.15) is 26.3 Å². The standard InChI is InChI=1S/C32H32F4N4O4.C27H24F4N4O2/c1-19-14-20(8-11-25(19)29(41)38-22-9-10-22)27-17-37-28-26(39(13-12-32(34,35)36)30(42)44-31(2,3)4)16-24(18-40(27)28)43-23-7-5-6-21(33)15-23;1-16-11-17(5-8-22(16)26(36)34-19-6-7-19)24-14-33-25-23(32-10-9-27(29,30)31)13-21(15-35(24)25)37-20-4-2-3-18(28)12-20/h5-8,11,14-18,22H,9-10,12-13H2,1-4H3,(H,38,41);2-5,8,11-15,19,32H,6-7,9-10H2,1H3,(H,34,36). The Hall–Kier alpha value is -8.69. The summed E-state index contributed by atoms with van der Waals surface area (Å²) in [4.78, 5) is 48.3. The average molecular weight is 1130 g/mol. The molecule has 3 N–H and O–H groups in total. The number of hydrogen-bond donors (Lipinski definition) is 3. The first kappa shape index (κ1) is 57.0. The summed E-state index contributed by atoms with van der Waals surface area (Å²) in [6.45, 7) is 7.37. The zero-order valence-corrected chi connectivity index (χ0v) is 44.6. The van der Waals surface area contributed by atoms with Crippen LogP contribution in [-0.4, -0.2) is 79.8 Å². The van der Waals surface area contributed by atoms with Gasteiger partial charge >= 0.3 is 18.4 Å². The third kappa shape index (κ3) is 15.0. The van der Waals surface area contributed by atoms with Crippen molar-refractivity contribution in [1.82, 2.24) is 29.4 Å². The number of ether oxygens (including phenoxy) is 3. The van der Waals surface area contributed by atoms with Gasteiger partial charge in [0.1, 0.15) is 40.2 Å². The number of carbonyl (C=O) groups excluding carboxylic acids is 3. The minimum Gasteiger partial charge on any atom is -0.456 e. The fourth-order valence-electron chi connectivity index (χ4n) is 8.65. The van der Waals surface area contributed by atoms with E-state index in [9.17, 15) is 49.5 Å². The summed E-state index contributed by atoms with van der Waals surface area (Å²) in [5, 5.41) is 8.74. The minimum absolute atomic E-state index is 0.000747. The highest BCUT2D eigenvalue weighted by molar-refractivity contribution is 5.98. The zero-order valence-electron chi connectivity index (χ0n) is 44.6. The summed E-state index contributed by atoms with van der Waals surface area (Å²) >= 11 is 0. The highest BCUT2D eigenvalue weighted by atomic mass is 19.4. The molecule has 0 radical (unpaired) electrons. The highest BCUT2D eigenvalue weighted by Crippen LogP contribution is 2.37. The van der Waals surface area contributed by atoms with Crippen LogP contribution in [0.1, 0.15) is 91.1 Å². The van der Waals surface area contributed by atoms with E-state index >= 15 is 0 Å². The van der Waals surface area contributed by atoms with Crippen molar-refractivity contribution < 1.29 is 63.7 Å². The van der Waals surface area contributed by atoms with Gasteiger partial charge in [0.2, 0.25) is 0 Å². The lowest BCUT2D eigenvalue weighted by Gasteiger charge is -2.28. The number of aromatic nitrogens is 4. The molecule has 0 aliphatic heterocycles. The second-order valence-corrected chi connectivity index (χ2v) is 20.8. The van der Waals surface area contributed by atoms with Crippen molar-refractivity contribution in [3.05, 3.63) is 156 Å². The number of rotatable bonds is 16. The Kier molecular flexibility index (Phi) is 16.3. The molecule has 14 nitrogen and oxygen atoms in total. The van der Waals surface area contributed by atoms with Crippen LogP contribution in [0, 0.1) is 25.5 Å². The molecule has 2 fully saturated rings. The second kappa shape index (κ2) is 23.2. The monoisotopic (exact) mass is 1120 g/mol. The summed E-state index contributed by atoms with van der Waals surface area (Å²) in [6, 6.07) is 24.9. The van der Waals surface area contributed by atoms with Crippen LogP contribution in [0.25, 0.3) is 33.8 Å². The maximum atomic E-state index is 13.9. The van der Waals surface area contributed by atoms with Crippen molar-refractivity contribution in [1.29, 1.82) is 0 Å². The van der Waals surface area contributed by atoms with Crippen LogP contribution in [-0.2, 0) is 4.74 Å². The van der Waals surface area contributed by atoms with Crippen LogP contribution in [0.3, 0.4) is 0 Å². The van der Waals surface area contributed by atoms with E-state index in [2.05, 4.69) is 25.9 Å². The third-order valence-electron chi connectivity index (χ3n) is 12.8. The quantitative estimate of drug-likeness (QED) is 0.0803. The molecule has 10 rings (SSSR count). The summed E-state index contributed by atoms with van der Waals surface area (Å²) in [7, 11) is 0. The average Bonchev–Trinajstić information content (AvgIpc) is 4.18.